The Kier molecular flexibility index (Phi) is 4.46. The monoisotopic (exact) mass is 499 g/mol. The van der Waals surface area contributed by atoms with Crippen molar-refractivity contribution < 1.29 is 0 Å². The molecule has 0 radical (unpaired) electrons. The third-order valence-electron chi connectivity index (χ3n) is 9.71. The average molecular weight is 500 g/mol. The van der Waals surface area contributed by atoms with Gasteiger partial charge in [0.05, 0.1) is 11.0 Å². The second kappa shape index (κ2) is 8.07. The summed E-state index contributed by atoms with van der Waals surface area (Å²) in [5.41, 5.74) is 9.61. The first kappa shape index (κ1) is 21.6. The molecule has 2 heterocycles. The van der Waals surface area contributed by atoms with E-state index in [1.165, 1.54) is 67.7 Å². The number of rotatable bonds is 2. The number of nitrogens with zero attached hydrogens (tertiary/aromatic N) is 1. The molecule has 9 rings (SSSR count). The molecule has 186 valence electrons. The maximum Gasteiger partial charge on any atom is 0.0530 e. The lowest BCUT2D eigenvalue weighted by molar-refractivity contribution is 0.235. The van der Waals surface area contributed by atoms with Gasteiger partial charge in [-0.25, -0.2) is 0 Å². The van der Waals surface area contributed by atoms with Crippen LogP contribution in [-0.2, 0) is 0 Å². The Morgan fingerprint density at radius 3 is 2.05 bits per heavy atom. The minimum absolute atomic E-state index is 0.518. The molecule has 5 aromatic carbocycles. The number of benzene rings is 5. The summed E-state index contributed by atoms with van der Waals surface area (Å²) in [6.07, 6.45) is 11.9. The highest BCUT2D eigenvalue weighted by atomic mass is 15.1. The Morgan fingerprint density at radius 2 is 1.23 bits per heavy atom. The average Bonchev–Trinajstić information content (AvgIpc) is 3.49. The predicted molar refractivity (Wildman–Crippen MR) is 164 cm³/mol. The first-order valence-corrected chi connectivity index (χ1v) is 14.3. The fraction of sp³-hybridized carbons (Fsp3) is 0.158. The first-order chi connectivity index (χ1) is 19.3. The molecule has 1 fully saturated rings. The van der Waals surface area contributed by atoms with Crippen LogP contribution in [0.1, 0.15) is 30.4 Å². The van der Waals surface area contributed by atoms with E-state index in [1.807, 2.05) is 0 Å². The predicted octanol–water partition coefficient (Wildman–Crippen LogP) is 10.1. The molecule has 1 saturated carbocycles. The van der Waals surface area contributed by atoms with Crippen LogP contribution in [0.3, 0.4) is 0 Å². The lowest BCUT2D eigenvalue weighted by Crippen LogP contribution is -2.28. The van der Waals surface area contributed by atoms with E-state index in [4.69, 9.17) is 0 Å². The highest BCUT2D eigenvalue weighted by Crippen LogP contribution is 2.57. The Bertz CT molecular complexity index is 1990. The van der Waals surface area contributed by atoms with Gasteiger partial charge < -0.3 is 4.57 Å². The standard InChI is InChI=1S/C38H29N/c1-2-9-24(10-3-1)25-15-8-16-26(17-25)31-20-34-32-18-27-11-4-6-13-29(27)22-36(32)39-37-23-30-14-7-5-12-28(30)19-33(37)35(21-31)38(34)39/h1-18,20-22,28,30,33,37H,19,23H2/t28?,30?,33-,37?/m0/s1. The topological polar surface area (TPSA) is 4.93 Å². The van der Waals surface area contributed by atoms with Crippen LogP contribution in [0.4, 0.5) is 0 Å². The molecule has 0 spiro atoms. The molecule has 6 aromatic rings. The molecule has 3 unspecified atom stereocenters. The normalized spacial score (nSPS) is 23.0. The van der Waals surface area contributed by atoms with Crippen molar-refractivity contribution in [1.82, 2.24) is 4.57 Å². The molecule has 0 N–H and O–H groups in total. The van der Waals surface area contributed by atoms with Gasteiger partial charge in [0.1, 0.15) is 0 Å². The number of fused-ring (bicyclic) bond motifs is 8. The lowest BCUT2D eigenvalue weighted by atomic mass is 9.68. The maximum atomic E-state index is 2.74. The Balaban J connectivity index is 1.30. The highest BCUT2D eigenvalue weighted by molar-refractivity contribution is 6.15. The van der Waals surface area contributed by atoms with Crippen LogP contribution in [-0.4, -0.2) is 4.57 Å². The number of hydrogen-bond donors (Lipinski definition) is 0. The highest BCUT2D eigenvalue weighted by Gasteiger charge is 2.43. The van der Waals surface area contributed by atoms with E-state index in [9.17, 15) is 0 Å². The van der Waals surface area contributed by atoms with Crippen molar-refractivity contribution in [3.8, 4) is 22.3 Å². The Morgan fingerprint density at radius 1 is 0.538 bits per heavy atom. The fourth-order valence-electron chi connectivity index (χ4n) is 7.92. The van der Waals surface area contributed by atoms with E-state index < -0.39 is 0 Å². The molecular weight excluding hydrogens is 470 g/mol. The molecular formula is C38H29N. The summed E-state index contributed by atoms with van der Waals surface area (Å²) < 4.78 is 2.74. The van der Waals surface area contributed by atoms with Crippen molar-refractivity contribution in [3.05, 3.63) is 133 Å². The molecule has 1 heteroatoms. The van der Waals surface area contributed by atoms with Crippen LogP contribution < -0.4 is 0 Å². The van der Waals surface area contributed by atoms with Crippen molar-refractivity contribution in [2.75, 3.05) is 0 Å². The second-order valence-corrected chi connectivity index (χ2v) is 11.7. The minimum Gasteiger partial charge on any atom is -0.336 e. The van der Waals surface area contributed by atoms with Gasteiger partial charge in [0, 0.05) is 22.7 Å². The quantitative estimate of drug-likeness (QED) is 0.223. The number of hydrogen-bond acceptors (Lipinski definition) is 0. The molecule has 3 aliphatic rings. The zero-order valence-corrected chi connectivity index (χ0v) is 21.8. The number of allylic oxidation sites excluding steroid dienone is 4. The minimum atomic E-state index is 0.518. The Labute approximate surface area is 228 Å². The van der Waals surface area contributed by atoms with Crippen LogP contribution in [0, 0.1) is 11.8 Å². The van der Waals surface area contributed by atoms with Crippen molar-refractivity contribution in [3.63, 3.8) is 0 Å². The summed E-state index contributed by atoms with van der Waals surface area (Å²) in [4.78, 5) is 0. The van der Waals surface area contributed by atoms with Gasteiger partial charge in [0.15, 0.2) is 0 Å². The van der Waals surface area contributed by atoms with Crippen LogP contribution in [0.5, 0.6) is 0 Å². The van der Waals surface area contributed by atoms with Gasteiger partial charge in [0.2, 0.25) is 0 Å². The van der Waals surface area contributed by atoms with Crippen LogP contribution in [0.2, 0.25) is 0 Å². The number of aromatic nitrogens is 1. The Hall–Kier alpha value is -4.36. The molecule has 2 aliphatic carbocycles. The zero-order chi connectivity index (χ0) is 25.5. The summed E-state index contributed by atoms with van der Waals surface area (Å²) >= 11 is 0. The summed E-state index contributed by atoms with van der Waals surface area (Å²) in [6, 6.07) is 39.1. The summed E-state index contributed by atoms with van der Waals surface area (Å²) in [6.45, 7) is 0. The molecule has 4 atom stereocenters. The van der Waals surface area contributed by atoms with Crippen molar-refractivity contribution in [1.29, 1.82) is 0 Å². The first-order valence-electron chi connectivity index (χ1n) is 14.3. The van der Waals surface area contributed by atoms with Gasteiger partial charge in [-0.3, -0.25) is 0 Å². The van der Waals surface area contributed by atoms with Crippen LogP contribution >= 0.6 is 0 Å². The van der Waals surface area contributed by atoms with Crippen molar-refractivity contribution in [2.24, 2.45) is 11.8 Å². The lowest BCUT2D eigenvalue weighted by Gasteiger charge is -2.38. The van der Waals surface area contributed by atoms with E-state index in [0.717, 1.165) is 0 Å². The zero-order valence-electron chi connectivity index (χ0n) is 21.8. The SMILES string of the molecule is C1=CC2CC3[C@@H](CC2C=C1)c1cc(-c2cccc(-c4ccccc4)c2)cc2c4cc5ccccc5cc4n3c12. The fourth-order valence-corrected chi connectivity index (χ4v) is 7.92. The third-order valence-corrected chi connectivity index (χ3v) is 9.71. The smallest absolute Gasteiger partial charge is 0.0530 e. The van der Waals surface area contributed by atoms with Gasteiger partial charge in [-0.15, -0.1) is 0 Å². The molecule has 1 aliphatic heterocycles. The van der Waals surface area contributed by atoms with Gasteiger partial charge in [-0.05, 0) is 93.6 Å². The molecule has 0 bridgehead atoms. The van der Waals surface area contributed by atoms with Gasteiger partial charge in [-0.1, -0.05) is 97.1 Å². The summed E-state index contributed by atoms with van der Waals surface area (Å²) in [7, 11) is 0. The van der Waals surface area contributed by atoms with Gasteiger partial charge >= 0.3 is 0 Å². The maximum absolute atomic E-state index is 2.74. The van der Waals surface area contributed by atoms with E-state index >= 15 is 0 Å². The molecule has 1 aromatic heterocycles. The van der Waals surface area contributed by atoms with Crippen LogP contribution in [0.25, 0.3) is 54.8 Å². The molecule has 39 heavy (non-hydrogen) atoms. The van der Waals surface area contributed by atoms with Gasteiger partial charge in [0.25, 0.3) is 0 Å². The van der Waals surface area contributed by atoms with Crippen molar-refractivity contribution in [2.45, 2.75) is 24.8 Å². The van der Waals surface area contributed by atoms with Gasteiger partial charge in [-0.2, -0.15) is 0 Å². The molecule has 1 nitrogen and oxygen atoms in total. The van der Waals surface area contributed by atoms with Crippen molar-refractivity contribution >= 4 is 32.6 Å². The van der Waals surface area contributed by atoms with E-state index in [1.54, 1.807) is 5.56 Å². The summed E-state index contributed by atoms with van der Waals surface area (Å²) in [5, 5.41) is 5.46. The molecule has 0 saturated heterocycles. The third kappa shape index (κ3) is 3.14. The van der Waals surface area contributed by atoms with Crippen LogP contribution in [0.15, 0.2) is 127 Å². The summed E-state index contributed by atoms with van der Waals surface area (Å²) in [5.74, 6) is 1.85. The second-order valence-electron chi connectivity index (χ2n) is 11.7. The largest absolute Gasteiger partial charge is 0.336 e. The van der Waals surface area contributed by atoms with E-state index in [0.29, 0.717) is 23.8 Å². The molecule has 0 amide bonds. The van der Waals surface area contributed by atoms with E-state index in [-0.39, 0.29) is 0 Å². The van der Waals surface area contributed by atoms with E-state index in [2.05, 4.69) is 132 Å².